The Labute approximate surface area is 236 Å². The molecule has 0 amide bonds. The second-order valence-electron chi connectivity index (χ2n) is 10.4. The molecule has 0 fully saturated rings. The zero-order valence-electron chi connectivity index (χ0n) is 24.9. The first-order valence-corrected chi connectivity index (χ1v) is 15.4. The Kier molecular flexibility index (Phi) is 24.2. The third kappa shape index (κ3) is 17.6. The third-order valence-electron chi connectivity index (χ3n) is 6.81. The second-order valence-corrected chi connectivity index (χ2v) is 10.4. The summed E-state index contributed by atoms with van der Waals surface area (Å²) in [6, 6.07) is 0. The first-order chi connectivity index (χ1) is 18.9. The number of aliphatic hydroxyl groups is 1. The van der Waals surface area contributed by atoms with Crippen LogP contribution in [0.5, 0.6) is 0 Å². The highest BCUT2D eigenvalue weighted by Gasteiger charge is 2.55. The summed E-state index contributed by atoms with van der Waals surface area (Å²) in [6.07, 6.45) is 14.4. The van der Waals surface area contributed by atoms with Crippen LogP contribution in [0, 0.1) is 0 Å². The van der Waals surface area contributed by atoms with E-state index in [4.69, 9.17) is 14.2 Å². The van der Waals surface area contributed by atoms with Gasteiger partial charge < -0.3 is 19.3 Å². The lowest BCUT2D eigenvalue weighted by Gasteiger charge is -2.30. The number of unbranched alkanes of at least 4 members (excludes halogenated alkanes) is 15. The van der Waals surface area contributed by atoms with Gasteiger partial charge in [0.15, 0.2) is 6.10 Å². The van der Waals surface area contributed by atoms with Gasteiger partial charge in [-0.25, -0.2) is 14.5 Å². The molecule has 0 aromatic carbocycles. The van der Waals surface area contributed by atoms with Crippen molar-refractivity contribution in [2.75, 3.05) is 19.8 Å². The molecule has 0 aliphatic heterocycles. The Balaban J connectivity index is 5.03. The lowest BCUT2D eigenvalue weighted by atomic mass is 9.92. The molecule has 2 N–H and O–H groups in total. The van der Waals surface area contributed by atoms with Crippen molar-refractivity contribution in [1.82, 2.24) is 0 Å². The van der Waals surface area contributed by atoms with Gasteiger partial charge in [0.05, 0.1) is 26.2 Å². The van der Waals surface area contributed by atoms with E-state index < -0.39 is 36.0 Å². The molecule has 9 heteroatoms. The summed E-state index contributed by atoms with van der Waals surface area (Å²) in [7, 11) is 0. The normalized spacial score (nSPS) is 13.5. The number of carbonyl (C=O) groups excluding carboxylic acids is 3. The molecule has 0 aliphatic carbocycles. The van der Waals surface area contributed by atoms with Crippen molar-refractivity contribution in [3.8, 4) is 0 Å². The van der Waals surface area contributed by atoms with Crippen LogP contribution < -0.4 is 0 Å². The Morgan fingerprint density at radius 3 is 1.41 bits per heavy atom. The molecule has 230 valence electrons. The van der Waals surface area contributed by atoms with Gasteiger partial charge in [-0.05, 0) is 19.3 Å². The van der Waals surface area contributed by atoms with Crippen LogP contribution in [0.2, 0.25) is 0 Å². The monoisotopic (exact) mass is 560 g/mol. The predicted molar refractivity (Wildman–Crippen MR) is 150 cm³/mol. The van der Waals surface area contributed by atoms with E-state index in [0.29, 0.717) is 19.3 Å². The van der Waals surface area contributed by atoms with Gasteiger partial charge in [-0.3, -0.25) is 10.1 Å². The number of hydrogen-bond donors (Lipinski definition) is 2. The van der Waals surface area contributed by atoms with Gasteiger partial charge in [-0.2, -0.15) is 0 Å². The first kappa shape index (κ1) is 37.3. The van der Waals surface area contributed by atoms with Crippen molar-refractivity contribution in [3.05, 3.63) is 0 Å². The molecular formula is C30H56O9. The molecular weight excluding hydrogens is 504 g/mol. The summed E-state index contributed by atoms with van der Waals surface area (Å²) in [5.74, 6) is -3.27. The zero-order valence-corrected chi connectivity index (χ0v) is 24.9. The average molecular weight is 561 g/mol. The van der Waals surface area contributed by atoms with Crippen molar-refractivity contribution in [1.29, 1.82) is 0 Å². The summed E-state index contributed by atoms with van der Waals surface area (Å²) in [4.78, 5) is 42.5. The lowest BCUT2D eigenvalue weighted by Crippen LogP contribution is -2.57. The Bertz CT molecular complexity index is 626. The number of aliphatic hydroxyl groups excluding tert-OH is 1. The average Bonchev–Trinajstić information content (AvgIpc) is 2.93. The van der Waals surface area contributed by atoms with Gasteiger partial charge in [-0.1, -0.05) is 117 Å². The minimum Gasteiger partial charge on any atom is -0.466 e. The summed E-state index contributed by atoms with van der Waals surface area (Å²) < 4.78 is 15.6. The molecule has 0 saturated heterocycles. The fourth-order valence-corrected chi connectivity index (χ4v) is 4.23. The number of hydrogen-bond acceptors (Lipinski definition) is 9. The maximum absolute atomic E-state index is 13.0. The Morgan fingerprint density at radius 1 is 0.590 bits per heavy atom. The van der Waals surface area contributed by atoms with E-state index in [9.17, 15) is 24.7 Å². The van der Waals surface area contributed by atoms with Gasteiger partial charge in [0.1, 0.15) is 0 Å². The van der Waals surface area contributed by atoms with E-state index in [2.05, 4.69) is 25.7 Å². The van der Waals surface area contributed by atoms with Crippen molar-refractivity contribution in [2.45, 2.75) is 154 Å². The van der Waals surface area contributed by atoms with Crippen molar-refractivity contribution >= 4 is 17.9 Å². The van der Waals surface area contributed by atoms with E-state index in [-0.39, 0.29) is 19.8 Å². The second kappa shape index (κ2) is 25.3. The first-order valence-electron chi connectivity index (χ1n) is 15.4. The molecule has 2 unspecified atom stereocenters. The van der Waals surface area contributed by atoms with Crippen molar-refractivity contribution in [3.63, 3.8) is 0 Å². The Morgan fingerprint density at radius 2 is 0.974 bits per heavy atom. The van der Waals surface area contributed by atoms with E-state index in [1.165, 1.54) is 0 Å². The highest BCUT2D eigenvalue weighted by molar-refractivity contribution is 5.93. The number of ether oxygens (including phenoxy) is 3. The molecule has 0 radical (unpaired) electrons. The van der Waals surface area contributed by atoms with Gasteiger partial charge in [-0.15, -0.1) is 0 Å². The van der Waals surface area contributed by atoms with Crippen molar-refractivity contribution < 1.29 is 43.8 Å². The van der Waals surface area contributed by atoms with E-state index >= 15 is 0 Å². The molecule has 0 aromatic rings. The zero-order chi connectivity index (χ0) is 29.2. The van der Waals surface area contributed by atoms with Crippen LogP contribution in [0.4, 0.5) is 0 Å². The van der Waals surface area contributed by atoms with Gasteiger partial charge in [0.25, 0.3) is 0 Å². The molecule has 0 aromatic heterocycles. The highest BCUT2D eigenvalue weighted by Crippen LogP contribution is 2.25. The number of carbonyl (C=O) groups is 3. The largest absolute Gasteiger partial charge is 0.466 e. The van der Waals surface area contributed by atoms with Crippen LogP contribution in [0.25, 0.3) is 0 Å². The number of rotatable bonds is 27. The highest BCUT2D eigenvalue weighted by atomic mass is 17.1. The molecule has 9 nitrogen and oxygen atoms in total. The van der Waals surface area contributed by atoms with E-state index in [0.717, 1.165) is 96.3 Å². The molecule has 0 heterocycles. The third-order valence-corrected chi connectivity index (χ3v) is 6.81. The molecule has 0 spiro atoms. The van der Waals surface area contributed by atoms with Gasteiger partial charge >= 0.3 is 17.9 Å². The molecule has 0 aliphatic rings. The minimum absolute atomic E-state index is 0.00238. The molecule has 0 saturated carbocycles. The maximum Gasteiger partial charge on any atom is 0.345 e. The Hall–Kier alpha value is -1.71. The van der Waals surface area contributed by atoms with Crippen LogP contribution in [-0.2, 0) is 33.5 Å². The van der Waals surface area contributed by atoms with Gasteiger partial charge in [0.2, 0.25) is 5.60 Å². The molecule has 39 heavy (non-hydrogen) atoms. The minimum atomic E-state index is -2.67. The van der Waals surface area contributed by atoms with Crippen LogP contribution >= 0.6 is 0 Å². The fraction of sp³-hybridized carbons (Fsp3) is 0.900. The van der Waals surface area contributed by atoms with E-state index in [1.807, 2.05) is 0 Å². The molecule has 2 atom stereocenters. The molecule has 0 rings (SSSR count). The number of esters is 3. The summed E-state index contributed by atoms with van der Waals surface area (Å²) in [6.45, 7) is 6.55. The summed E-state index contributed by atoms with van der Waals surface area (Å²) in [5, 5.41) is 20.5. The van der Waals surface area contributed by atoms with Gasteiger partial charge in [0, 0.05) is 0 Å². The predicted octanol–water partition coefficient (Wildman–Crippen LogP) is 6.68. The maximum atomic E-state index is 13.0. The molecule has 0 bridgehead atoms. The van der Waals surface area contributed by atoms with Crippen LogP contribution in [-0.4, -0.2) is 59.8 Å². The topological polar surface area (TPSA) is 129 Å². The smallest absolute Gasteiger partial charge is 0.345 e. The fourth-order valence-electron chi connectivity index (χ4n) is 4.23. The van der Waals surface area contributed by atoms with Crippen LogP contribution in [0.15, 0.2) is 0 Å². The SMILES string of the molecule is CCCCCCCCOC(=O)CC(OO)(C(=O)OCCCCCCCC)C(O)C(=O)OCCCCCCCC. The van der Waals surface area contributed by atoms with Crippen LogP contribution in [0.1, 0.15) is 143 Å². The van der Waals surface area contributed by atoms with Crippen molar-refractivity contribution in [2.24, 2.45) is 0 Å². The standard InChI is InChI=1S/C30H56O9/c1-4-7-10-13-16-19-22-36-26(31)25-30(39-35,29(34)38-24-21-18-15-12-9-6-3)27(32)28(33)37-23-20-17-14-11-8-5-2/h27,32,35H,4-25H2,1-3H3. The van der Waals surface area contributed by atoms with E-state index in [1.54, 1.807) is 0 Å². The summed E-state index contributed by atoms with van der Waals surface area (Å²) in [5.41, 5.74) is -2.67. The lowest BCUT2D eigenvalue weighted by molar-refractivity contribution is -0.336. The quantitative estimate of drug-likeness (QED) is 0.0372. The summed E-state index contributed by atoms with van der Waals surface area (Å²) >= 11 is 0. The van der Waals surface area contributed by atoms with Crippen LogP contribution in [0.3, 0.4) is 0 Å².